The van der Waals surface area contributed by atoms with Gasteiger partial charge >= 0.3 is 0 Å². The van der Waals surface area contributed by atoms with E-state index in [9.17, 15) is 9.50 Å². The molecule has 1 aliphatic rings. The first-order chi connectivity index (χ1) is 8.85. The molecule has 1 aliphatic carbocycles. The van der Waals surface area contributed by atoms with E-state index in [1.54, 1.807) is 0 Å². The van der Waals surface area contributed by atoms with Gasteiger partial charge in [0.25, 0.3) is 0 Å². The fourth-order valence-electron chi connectivity index (χ4n) is 2.49. The highest BCUT2D eigenvalue weighted by Crippen LogP contribution is 2.35. The Hall–Kier alpha value is -0.930. The number of alkyl halides is 1. The van der Waals surface area contributed by atoms with Crippen molar-refractivity contribution in [3.05, 3.63) is 35.9 Å². The third-order valence-electron chi connectivity index (χ3n) is 3.63. The van der Waals surface area contributed by atoms with E-state index in [1.807, 2.05) is 18.2 Å². The summed E-state index contributed by atoms with van der Waals surface area (Å²) in [6, 6.07) is 10.4. The number of benzene rings is 1. The number of aliphatic hydroxyl groups excluding tert-OH is 1. The Bertz CT molecular complexity index is 340. The van der Waals surface area contributed by atoms with Crippen LogP contribution in [0, 0.1) is 5.92 Å². The second-order valence-corrected chi connectivity index (χ2v) is 5.09. The molecule has 1 N–H and O–H groups in total. The topological polar surface area (TPSA) is 23.5 Å². The van der Waals surface area contributed by atoms with Crippen LogP contribution in [-0.2, 0) is 6.54 Å². The number of aliphatic hydroxyl groups is 1. The van der Waals surface area contributed by atoms with Crippen LogP contribution in [0.1, 0.15) is 24.8 Å². The SMILES string of the molecule is OCC(C1CC1)N(CCCF)Cc1ccccc1. The van der Waals surface area contributed by atoms with Gasteiger partial charge in [-0.15, -0.1) is 0 Å². The van der Waals surface area contributed by atoms with Crippen LogP contribution < -0.4 is 0 Å². The standard InChI is InChI=1S/C15H22FNO/c16-9-4-10-17(15(12-18)14-7-8-14)11-13-5-2-1-3-6-13/h1-3,5-6,14-15,18H,4,7-12H2. The molecule has 0 aromatic heterocycles. The van der Waals surface area contributed by atoms with E-state index in [0.29, 0.717) is 12.3 Å². The largest absolute Gasteiger partial charge is 0.395 e. The molecule has 1 aromatic carbocycles. The molecule has 0 bridgehead atoms. The molecule has 1 saturated carbocycles. The maximum atomic E-state index is 12.4. The van der Waals surface area contributed by atoms with E-state index < -0.39 is 0 Å². The minimum absolute atomic E-state index is 0.184. The average molecular weight is 251 g/mol. The van der Waals surface area contributed by atoms with Crippen molar-refractivity contribution in [3.63, 3.8) is 0 Å². The van der Waals surface area contributed by atoms with E-state index in [0.717, 1.165) is 13.1 Å². The van der Waals surface area contributed by atoms with Crippen LogP contribution in [0.4, 0.5) is 4.39 Å². The summed E-state index contributed by atoms with van der Waals surface area (Å²) >= 11 is 0. The van der Waals surface area contributed by atoms with E-state index in [2.05, 4.69) is 17.0 Å². The molecule has 1 atom stereocenters. The van der Waals surface area contributed by atoms with Gasteiger partial charge in [0, 0.05) is 19.1 Å². The third-order valence-corrected chi connectivity index (χ3v) is 3.63. The molecule has 100 valence electrons. The van der Waals surface area contributed by atoms with Crippen molar-refractivity contribution < 1.29 is 9.50 Å². The molecule has 0 radical (unpaired) electrons. The lowest BCUT2D eigenvalue weighted by Crippen LogP contribution is -2.40. The van der Waals surface area contributed by atoms with Crippen LogP contribution in [0.3, 0.4) is 0 Å². The minimum atomic E-state index is -0.284. The van der Waals surface area contributed by atoms with Gasteiger partial charge in [-0.2, -0.15) is 0 Å². The zero-order valence-corrected chi connectivity index (χ0v) is 10.8. The molecule has 0 heterocycles. The van der Waals surface area contributed by atoms with Crippen molar-refractivity contribution in [2.75, 3.05) is 19.8 Å². The fourth-order valence-corrected chi connectivity index (χ4v) is 2.49. The summed E-state index contributed by atoms with van der Waals surface area (Å²) in [6.07, 6.45) is 2.95. The van der Waals surface area contributed by atoms with Crippen molar-refractivity contribution >= 4 is 0 Å². The predicted octanol–water partition coefficient (Wildman–Crippen LogP) is 2.62. The lowest BCUT2D eigenvalue weighted by molar-refractivity contribution is 0.0977. The Morgan fingerprint density at radius 3 is 2.56 bits per heavy atom. The molecular formula is C15H22FNO. The van der Waals surface area contributed by atoms with Crippen LogP contribution in [0.15, 0.2) is 30.3 Å². The molecular weight excluding hydrogens is 229 g/mol. The molecule has 0 aliphatic heterocycles. The summed E-state index contributed by atoms with van der Waals surface area (Å²) in [6.45, 7) is 1.44. The van der Waals surface area contributed by atoms with Gasteiger partial charge in [0.1, 0.15) is 0 Å². The van der Waals surface area contributed by atoms with Gasteiger partial charge in [0.05, 0.1) is 13.3 Å². The monoisotopic (exact) mass is 251 g/mol. The van der Waals surface area contributed by atoms with E-state index in [-0.39, 0.29) is 19.3 Å². The number of rotatable bonds is 8. The lowest BCUT2D eigenvalue weighted by atomic mass is 10.1. The Labute approximate surface area is 108 Å². The van der Waals surface area contributed by atoms with Gasteiger partial charge in [-0.25, -0.2) is 0 Å². The van der Waals surface area contributed by atoms with Crippen molar-refractivity contribution in [2.45, 2.75) is 31.8 Å². The predicted molar refractivity (Wildman–Crippen MR) is 71.0 cm³/mol. The molecule has 0 saturated heterocycles. The van der Waals surface area contributed by atoms with Gasteiger partial charge in [-0.3, -0.25) is 9.29 Å². The molecule has 0 spiro atoms. The van der Waals surface area contributed by atoms with Gasteiger partial charge in [0.15, 0.2) is 0 Å². The van der Waals surface area contributed by atoms with Gasteiger partial charge in [-0.05, 0) is 30.7 Å². The second kappa shape index (κ2) is 6.86. The summed E-state index contributed by atoms with van der Waals surface area (Å²) in [5, 5.41) is 9.55. The number of halogens is 1. The first-order valence-electron chi connectivity index (χ1n) is 6.80. The third kappa shape index (κ3) is 3.79. The Balaban J connectivity index is 1.99. The molecule has 0 amide bonds. The summed E-state index contributed by atoms with van der Waals surface area (Å²) in [4.78, 5) is 2.24. The molecule has 18 heavy (non-hydrogen) atoms. The van der Waals surface area contributed by atoms with Crippen LogP contribution in [0.25, 0.3) is 0 Å². The van der Waals surface area contributed by atoms with Crippen LogP contribution in [0.2, 0.25) is 0 Å². The molecule has 1 aromatic rings. The van der Waals surface area contributed by atoms with Gasteiger partial charge in [0.2, 0.25) is 0 Å². The highest BCUT2D eigenvalue weighted by molar-refractivity contribution is 5.14. The molecule has 2 rings (SSSR count). The zero-order valence-electron chi connectivity index (χ0n) is 10.8. The molecule has 1 unspecified atom stereocenters. The molecule has 1 fully saturated rings. The minimum Gasteiger partial charge on any atom is -0.395 e. The quantitative estimate of drug-likeness (QED) is 0.767. The highest BCUT2D eigenvalue weighted by Gasteiger charge is 2.34. The highest BCUT2D eigenvalue weighted by atomic mass is 19.1. The zero-order chi connectivity index (χ0) is 12.8. The summed E-state index contributed by atoms with van der Waals surface area (Å²) in [7, 11) is 0. The smallest absolute Gasteiger partial charge is 0.0906 e. The lowest BCUT2D eigenvalue weighted by Gasteiger charge is -2.30. The maximum Gasteiger partial charge on any atom is 0.0906 e. The number of nitrogens with zero attached hydrogens (tertiary/aromatic N) is 1. The van der Waals surface area contributed by atoms with E-state index in [4.69, 9.17) is 0 Å². The van der Waals surface area contributed by atoms with E-state index >= 15 is 0 Å². The van der Waals surface area contributed by atoms with Crippen LogP contribution in [0.5, 0.6) is 0 Å². The number of hydrogen-bond acceptors (Lipinski definition) is 2. The van der Waals surface area contributed by atoms with Crippen molar-refractivity contribution in [2.24, 2.45) is 5.92 Å². The van der Waals surface area contributed by atoms with Crippen LogP contribution in [-0.4, -0.2) is 35.9 Å². The molecule has 3 heteroatoms. The normalized spacial score (nSPS) is 17.1. The summed E-state index contributed by atoms with van der Waals surface area (Å²) < 4.78 is 12.4. The Kier molecular flexibility index (Phi) is 5.14. The summed E-state index contributed by atoms with van der Waals surface area (Å²) in [5.41, 5.74) is 1.23. The van der Waals surface area contributed by atoms with Gasteiger partial charge < -0.3 is 5.11 Å². The first-order valence-corrected chi connectivity index (χ1v) is 6.80. The first kappa shape index (κ1) is 13.5. The van der Waals surface area contributed by atoms with Crippen molar-refractivity contribution in [1.82, 2.24) is 4.90 Å². The van der Waals surface area contributed by atoms with Gasteiger partial charge in [-0.1, -0.05) is 30.3 Å². The van der Waals surface area contributed by atoms with Crippen molar-refractivity contribution in [1.29, 1.82) is 0 Å². The molecule has 2 nitrogen and oxygen atoms in total. The Morgan fingerprint density at radius 2 is 2.00 bits per heavy atom. The number of hydrogen-bond donors (Lipinski definition) is 1. The van der Waals surface area contributed by atoms with Crippen LogP contribution >= 0.6 is 0 Å². The summed E-state index contributed by atoms with van der Waals surface area (Å²) in [5.74, 6) is 0.610. The fraction of sp³-hybridized carbons (Fsp3) is 0.600. The second-order valence-electron chi connectivity index (χ2n) is 5.09. The average Bonchev–Trinajstić information content (AvgIpc) is 3.22. The maximum absolute atomic E-state index is 12.4. The van der Waals surface area contributed by atoms with Crippen molar-refractivity contribution in [3.8, 4) is 0 Å². The van der Waals surface area contributed by atoms with E-state index in [1.165, 1.54) is 18.4 Å². The Morgan fingerprint density at radius 1 is 1.28 bits per heavy atom.